The van der Waals surface area contributed by atoms with Crippen LogP contribution < -0.4 is 0 Å². The Morgan fingerprint density at radius 1 is 0.889 bits per heavy atom. The molecule has 188 valence electrons. The molecule has 3 aromatic carbocycles. The summed E-state index contributed by atoms with van der Waals surface area (Å²) in [6.07, 6.45) is 1.28. The Kier molecular flexibility index (Phi) is 7.18. The highest BCUT2D eigenvalue weighted by Gasteiger charge is 2.35. The molecule has 0 fully saturated rings. The molecule has 0 unspecified atom stereocenters. The van der Waals surface area contributed by atoms with Gasteiger partial charge in [-0.1, -0.05) is 60.8 Å². The molecular weight excluding hydrogens is 556 g/mol. The third-order valence-corrected chi connectivity index (χ3v) is 8.44. The minimum atomic E-state index is -4.38. The molecule has 36 heavy (non-hydrogen) atoms. The molecule has 1 aromatic heterocycles. The monoisotopic (exact) mass is 572 g/mol. The number of halogens is 6. The standard InChI is InChI=1S/C25H18Cl3F3N2O2S/c1-25(2,14-6-8-18(27)19(28)10-14)23-12-32-24(33(23)22-9-7-15(29)11-21(22)31)36(34,35)13-16-17(26)4-3-5-20(16)30/h3-12H,13H2,1-2H3. The highest BCUT2D eigenvalue weighted by atomic mass is 35.5. The maximum absolute atomic E-state index is 15.0. The molecule has 4 rings (SSSR count). The van der Waals surface area contributed by atoms with E-state index >= 15 is 4.39 Å². The van der Waals surface area contributed by atoms with Crippen molar-refractivity contribution in [1.82, 2.24) is 9.55 Å². The smallest absolute Gasteiger partial charge is 0.232 e. The molecule has 0 aliphatic heterocycles. The predicted octanol–water partition coefficient (Wildman–Crippen LogP) is 7.55. The van der Waals surface area contributed by atoms with Gasteiger partial charge in [0.2, 0.25) is 15.0 Å². The summed E-state index contributed by atoms with van der Waals surface area (Å²) in [4.78, 5) is 4.11. The van der Waals surface area contributed by atoms with E-state index in [0.717, 1.165) is 22.8 Å². The lowest BCUT2D eigenvalue weighted by Crippen LogP contribution is -2.25. The number of hydrogen-bond donors (Lipinski definition) is 0. The summed E-state index contributed by atoms with van der Waals surface area (Å²) in [5, 5.41) is -0.0564. The fourth-order valence-corrected chi connectivity index (χ4v) is 5.95. The van der Waals surface area contributed by atoms with E-state index < -0.39 is 43.6 Å². The lowest BCUT2D eigenvalue weighted by atomic mass is 9.81. The number of rotatable bonds is 6. The van der Waals surface area contributed by atoms with E-state index in [-0.39, 0.29) is 27.0 Å². The van der Waals surface area contributed by atoms with Gasteiger partial charge in [0.25, 0.3) is 0 Å². The molecule has 0 spiro atoms. The molecule has 4 aromatic rings. The fourth-order valence-electron chi connectivity index (χ4n) is 3.85. The Morgan fingerprint density at radius 2 is 1.61 bits per heavy atom. The van der Waals surface area contributed by atoms with Gasteiger partial charge in [-0.05, 0) is 42.0 Å². The van der Waals surface area contributed by atoms with Gasteiger partial charge in [0.05, 0.1) is 33.4 Å². The van der Waals surface area contributed by atoms with Crippen LogP contribution in [0.4, 0.5) is 13.2 Å². The first kappa shape index (κ1) is 26.5. The van der Waals surface area contributed by atoms with Crippen LogP contribution in [0.25, 0.3) is 5.69 Å². The van der Waals surface area contributed by atoms with Gasteiger partial charge in [-0.15, -0.1) is 0 Å². The molecule has 0 amide bonds. The highest BCUT2D eigenvalue weighted by molar-refractivity contribution is 7.90. The van der Waals surface area contributed by atoms with Crippen molar-refractivity contribution < 1.29 is 21.6 Å². The Morgan fingerprint density at radius 3 is 2.25 bits per heavy atom. The maximum Gasteiger partial charge on any atom is 0.232 e. The van der Waals surface area contributed by atoms with Gasteiger partial charge in [0, 0.05) is 22.1 Å². The molecule has 1 heterocycles. The zero-order valence-corrected chi connectivity index (χ0v) is 22.0. The summed E-state index contributed by atoms with van der Waals surface area (Å²) < 4.78 is 71.3. The minimum Gasteiger partial charge on any atom is -0.284 e. The minimum absolute atomic E-state index is 0.0824. The SMILES string of the molecule is CC(C)(c1ccc(Cl)c(Cl)c1)c1cnc(S(=O)(=O)Cc2c(F)cccc2Cl)n1-c1ccc(F)cc1F. The molecule has 0 radical (unpaired) electrons. The van der Waals surface area contributed by atoms with E-state index in [1.54, 1.807) is 32.0 Å². The van der Waals surface area contributed by atoms with Crippen molar-refractivity contribution >= 4 is 44.6 Å². The van der Waals surface area contributed by atoms with E-state index in [4.69, 9.17) is 34.8 Å². The van der Waals surface area contributed by atoms with Crippen molar-refractivity contribution in [1.29, 1.82) is 0 Å². The molecule has 0 aliphatic rings. The van der Waals surface area contributed by atoms with Crippen LogP contribution >= 0.6 is 34.8 Å². The van der Waals surface area contributed by atoms with E-state index in [1.807, 2.05) is 0 Å². The number of imidazole rings is 1. The molecule has 4 nitrogen and oxygen atoms in total. The van der Waals surface area contributed by atoms with Crippen LogP contribution in [0, 0.1) is 17.5 Å². The number of sulfone groups is 1. The lowest BCUT2D eigenvalue weighted by molar-refractivity contribution is 0.545. The fraction of sp³-hybridized carbons (Fsp3) is 0.160. The van der Waals surface area contributed by atoms with Gasteiger partial charge >= 0.3 is 0 Å². The van der Waals surface area contributed by atoms with Gasteiger partial charge in [-0.3, -0.25) is 4.57 Å². The summed E-state index contributed by atoms with van der Waals surface area (Å²) in [7, 11) is -4.38. The molecule has 0 aliphatic carbocycles. The van der Waals surface area contributed by atoms with Crippen LogP contribution in [0.2, 0.25) is 15.1 Å². The number of benzene rings is 3. The molecular formula is C25H18Cl3F3N2O2S. The van der Waals surface area contributed by atoms with E-state index in [2.05, 4.69) is 4.98 Å². The van der Waals surface area contributed by atoms with Crippen molar-refractivity contribution in [2.75, 3.05) is 0 Å². The number of nitrogens with zero attached hydrogens (tertiary/aromatic N) is 2. The first-order valence-electron chi connectivity index (χ1n) is 10.5. The van der Waals surface area contributed by atoms with Gasteiger partial charge < -0.3 is 0 Å². The Balaban J connectivity index is 1.96. The van der Waals surface area contributed by atoms with Gasteiger partial charge in [0.15, 0.2) is 0 Å². The van der Waals surface area contributed by atoms with Crippen molar-refractivity contribution in [2.24, 2.45) is 0 Å². The molecule has 11 heteroatoms. The molecule has 0 N–H and O–H groups in total. The normalized spacial score (nSPS) is 12.2. The zero-order valence-electron chi connectivity index (χ0n) is 18.9. The average Bonchev–Trinajstić information content (AvgIpc) is 3.25. The largest absolute Gasteiger partial charge is 0.284 e. The Hall–Kier alpha value is -2.52. The molecule has 0 bridgehead atoms. The van der Waals surface area contributed by atoms with E-state index in [0.29, 0.717) is 16.7 Å². The van der Waals surface area contributed by atoms with Gasteiger partial charge in [0.1, 0.15) is 17.5 Å². The van der Waals surface area contributed by atoms with Crippen molar-refractivity contribution in [3.8, 4) is 5.69 Å². The van der Waals surface area contributed by atoms with Crippen LogP contribution in [0.1, 0.15) is 30.7 Å². The average molecular weight is 574 g/mol. The first-order valence-corrected chi connectivity index (χ1v) is 13.3. The highest BCUT2D eigenvalue weighted by Crippen LogP contribution is 2.38. The van der Waals surface area contributed by atoms with E-state index in [1.165, 1.54) is 18.3 Å². The van der Waals surface area contributed by atoms with Crippen LogP contribution in [0.3, 0.4) is 0 Å². The van der Waals surface area contributed by atoms with Crippen molar-refractivity contribution in [3.63, 3.8) is 0 Å². The number of hydrogen-bond acceptors (Lipinski definition) is 3. The molecule has 0 saturated carbocycles. The second kappa shape index (κ2) is 9.74. The topological polar surface area (TPSA) is 52.0 Å². The summed E-state index contributed by atoms with van der Waals surface area (Å²) in [6.45, 7) is 3.51. The quantitative estimate of drug-likeness (QED) is 0.239. The lowest BCUT2D eigenvalue weighted by Gasteiger charge is -2.28. The van der Waals surface area contributed by atoms with Crippen molar-refractivity contribution in [3.05, 3.63) is 110 Å². The summed E-state index contributed by atoms with van der Waals surface area (Å²) in [6, 6.07) is 11.4. The van der Waals surface area contributed by atoms with Gasteiger partial charge in [-0.25, -0.2) is 26.6 Å². The van der Waals surface area contributed by atoms with E-state index in [9.17, 15) is 17.2 Å². The van der Waals surface area contributed by atoms with Crippen LogP contribution in [-0.2, 0) is 21.0 Å². The summed E-state index contributed by atoms with van der Waals surface area (Å²) >= 11 is 18.3. The second-order valence-electron chi connectivity index (χ2n) is 8.57. The van der Waals surface area contributed by atoms with Crippen LogP contribution in [-0.4, -0.2) is 18.0 Å². The third kappa shape index (κ3) is 4.87. The Bertz CT molecular complexity index is 1570. The number of aromatic nitrogens is 2. The maximum atomic E-state index is 15.0. The first-order chi connectivity index (χ1) is 16.8. The predicted molar refractivity (Wildman–Crippen MR) is 134 cm³/mol. The summed E-state index contributed by atoms with van der Waals surface area (Å²) in [5.74, 6) is -3.50. The molecule has 0 atom stereocenters. The zero-order chi connectivity index (χ0) is 26.4. The van der Waals surface area contributed by atoms with Crippen LogP contribution in [0.15, 0.2) is 66.0 Å². The third-order valence-electron chi connectivity index (χ3n) is 5.84. The van der Waals surface area contributed by atoms with Crippen molar-refractivity contribution in [2.45, 2.75) is 30.2 Å². The summed E-state index contributed by atoms with van der Waals surface area (Å²) in [5.41, 5.74) is -0.606. The Labute approximate surface area is 221 Å². The van der Waals surface area contributed by atoms with Gasteiger partial charge in [-0.2, -0.15) is 0 Å². The second-order valence-corrected chi connectivity index (χ2v) is 11.7. The molecule has 0 saturated heterocycles. The van der Waals surface area contributed by atoms with Crippen LogP contribution in [0.5, 0.6) is 0 Å².